The summed E-state index contributed by atoms with van der Waals surface area (Å²) in [6.45, 7) is 6.99. The van der Waals surface area contributed by atoms with E-state index in [1.54, 1.807) is 26.8 Å². The highest BCUT2D eigenvalue weighted by Crippen LogP contribution is 2.19. The molecule has 1 amide bonds. The molecule has 0 bridgehead atoms. The van der Waals surface area contributed by atoms with Crippen molar-refractivity contribution in [3.8, 4) is 0 Å². The summed E-state index contributed by atoms with van der Waals surface area (Å²) in [4.78, 5) is 36.5. The van der Waals surface area contributed by atoms with E-state index in [4.69, 9.17) is 9.84 Å². The maximum atomic E-state index is 12.1. The second-order valence-corrected chi connectivity index (χ2v) is 6.95. The van der Waals surface area contributed by atoms with Gasteiger partial charge in [-0.3, -0.25) is 4.79 Å². The van der Waals surface area contributed by atoms with Crippen LogP contribution in [0.5, 0.6) is 0 Å². The van der Waals surface area contributed by atoms with Crippen LogP contribution in [-0.2, 0) is 16.0 Å². The zero-order chi connectivity index (χ0) is 16.9. The van der Waals surface area contributed by atoms with Gasteiger partial charge in [0.05, 0.1) is 4.88 Å². The number of Topliss-reactive ketones (excluding diaryl/α,β-unsaturated/α-hetero) is 1. The molecule has 0 aliphatic heterocycles. The fourth-order valence-electron chi connectivity index (χ4n) is 1.65. The Labute approximate surface area is 133 Å². The van der Waals surface area contributed by atoms with E-state index in [2.05, 4.69) is 5.32 Å². The number of ketones is 1. The van der Waals surface area contributed by atoms with Crippen LogP contribution in [0.1, 0.15) is 48.7 Å². The molecule has 1 aromatic heterocycles. The van der Waals surface area contributed by atoms with E-state index in [9.17, 15) is 14.4 Å². The molecule has 2 N–H and O–H groups in total. The first kappa shape index (κ1) is 18.2. The molecular formula is C15H21NO5S. The number of aryl methyl sites for hydroxylation is 1. The minimum Gasteiger partial charge on any atom is -0.480 e. The Morgan fingerprint density at radius 3 is 2.41 bits per heavy atom. The predicted molar refractivity (Wildman–Crippen MR) is 83.4 cm³/mol. The molecule has 0 spiro atoms. The second kappa shape index (κ2) is 7.40. The van der Waals surface area contributed by atoms with Crippen LogP contribution in [0.3, 0.4) is 0 Å². The fourth-order valence-corrected chi connectivity index (χ4v) is 2.55. The van der Waals surface area contributed by atoms with Crippen molar-refractivity contribution < 1.29 is 24.2 Å². The molecule has 0 aromatic carbocycles. The monoisotopic (exact) mass is 327 g/mol. The second-order valence-electron chi connectivity index (χ2n) is 5.78. The quantitative estimate of drug-likeness (QED) is 0.784. The van der Waals surface area contributed by atoms with Crippen molar-refractivity contribution in [2.45, 2.75) is 52.2 Å². The summed E-state index contributed by atoms with van der Waals surface area (Å²) < 4.78 is 5.01. The van der Waals surface area contributed by atoms with Crippen LogP contribution in [0.4, 0.5) is 4.79 Å². The van der Waals surface area contributed by atoms with Gasteiger partial charge in [0.2, 0.25) is 0 Å². The first-order valence-corrected chi connectivity index (χ1v) is 7.78. The number of rotatable bonds is 6. The molecule has 0 saturated heterocycles. The van der Waals surface area contributed by atoms with E-state index >= 15 is 0 Å². The maximum Gasteiger partial charge on any atom is 0.408 e. The first-order valence-electron chi connectivity index (χ1n) is 6.96. The third kappa shape index (κ3) is 5.85. The largest absolute Gasteiger partial charge is 0.480 e. The Hall–Kier alpha value is -1.89. The number of alkyl carbamates (subject to hydrolysis) is 1. The lowest BCUT2D eigenvalue weighted by atomic mass is 10.1. The molecule has 0 fully saturated rings. The average molecular weight is 327 g/mol. The van der Waals surface area contributed by atoms with Crippen LogP contribution >= 0.6 is 11.3 Å². The minimum atomic E-state index is -1.31. The summed E-state index contributed by atoms with van der Waals surface area (Å²) in [5, 5.41) is 11.4. The molecule has 1 atom stereocenters. The zero-order valence-corrected chi connectivity index (χ0v) is 14.0. The molecular weight excluding hydrogens is 306 g/mol. The Kier molecular flexibility index (Phi) is 6.11. The first-order chi connectivity index (χ1) is 10.1. The summed E-state index contributed by atoms with van der Waals surface area (Å²) in [6.07, 6.45) is -0.345. The molecule has 0 aliphatic carbocycles. The van der Waals surface area contributed by atoms with Gasteiger partial charge in [-0.15, -0.1) is 11.3 Å². The number of hydrogen-bond donors (Lipinski definition) is 2. The molecule has 1 rings (SSSR count). The Balaban J connectivity index is 2.70. The van der Waals surface area contributed by atoms with E-state index < -0.39 is 23.7 Å². The van der Waals surface area contributed by atoms with Gasteiger partial charge in [-0.05, 0) is 39.3 Å². The summed E-state index contributed by atoms with van der Waals surface area (Å²) in [6, 6.07) is 2.21. The topological polar surface area (TPSA) is 92.7 Å². The lowest BCUT2D eigenvalue weighted by molar-refractivity contribution is -0.139. The van der Waals surface area contributed by atoms with Crippen LogP contribution < -0.4 is 5.32 Å². The summed E-state index contributed by atoms with van der Waals surface area (Å²) in [5.74, 6) is -1.58. The molecule has 22 heavy (non-hydrogen) atoms. The van der Waals surface area contributed by atoms with Crippen molar-refractivity contribution in [1.82, 2.24) is 5.32 Å². The number of thiophene rings is 1. The van der Waals surface area contributed by atoms with Crippen LogP contribution in [0.2, 0.25) is 0 Å². The number of carbonyl (C=O) groups is 3. The smallest absolute Gasteiger partial charge is 0.408 e. The van der Waals surface area contributed by atoms with Gasteiger partial charge in [0.1, 0.15) is 11.6 Å². The Morgan fingerprint density at radius 1 is 1.32 bits per heavy atom. The molecule has 1 unspecified atom stereocenters. The molecule has 122 valence electrons. The number of carbonyl (C=O) groups excluding carboxylic acids is 2. The van der Waals surface area contributed by atoms with Crippen molar-refractivity contribution in [2.24, 2.45) is 0 Å². The Bertz CT molecular complexity index is 559. The number of nitrogens with one attached hydrogen (secondary N) is 1. The van der Waals surface area contributed by atoms with Gasteiger partial charge in [0.15, 0.2) is 5.78 Å². The number of aliphatic carboxylic acids is 1. The van der Waals surface area contributed by atoms with E-state index in [1.807, 2.05) is 13.0 Å². The molecule has 0 saturated carbocycles. The molecule has 1 heterocycles. The number of carboxylic acid groups (broad SMARTS) is 1. The minimum absolute atomic E-state index is 0.307. The summed E-state index contributed by atoms with van der Waals surface area (Å²) in [5.41, 5.74) is -0.735. The third-order valence-corrected chi connectivity index (χ3v) is 3.93. The van der Waals surface area contributed by atoms with Crippen molar-refractivity contribution >= 4 is 29.2 Å². The van der Waals surface area contributed by atoms with Gasteiger partial charge >= 0.3 is 12.1 Å². The highest BCUT2D eigenvalue weighted by Gasteiger charge is 2.27. The standard InChI is InChI=1S/C15H21NO5S/c1-5-9-6-7-12(22-9)11(17)8-10(13(18)19)16-14(20)21-15(2,3)4/h6-7,10H,5,8H2,1-4H3,(H,16,20)(H,18,19). The van der Waals surface area contributed by atoms with Crippen molar-refractivity contribution in [3.05, 3.63) is 21.9 Å². The number of ether oxygens (including phenoxy) is 1. The highest BCUT2D eigenvalue weighted by atomic mass is 32.1. The van der Waals surface area contributed by atoms with Gasteiger partial charge in [-0.25, -0.2) is 9.59 Å². The lowest BCUT2D eigenvalue weighted by Gasteiger charge is -2.21. The summed E-state index contributed by atoms with van der Waals surface area (Å²) >= 11 is 1.34. The molecule has 7 heteroatoms. The molecule has 0 radical (unpaired) electrons. The highest BCUT2D eigenvalue weighted by molar-refractivity contribution is 7.14. The predicted octanol–water partition coefficient (Wildman–Crippen LogP) is 2.86. The summed E-state index contributed by atoms with van der Waals surface area (Å²) in [7, 11) is 0. The normalized spacial score (nSPS) is 12.5. The number of amides is 1. The number of hydrogen-bond acceptors (Lipinski definition) is 5. The SMILES string of the molecule is CCc1ccc(C(=O)CC(NC(=O)OC(C)(C)C)C(=O)O)s1. The van der Waals surface area contributed by atoms with Crippen LogP contribution in [0, 0.1) is 0 Å². The number of carboxylic acids is 1. The average Bonchev–Trinajstić information content (AvgIpc) is 2.84. The fraction of sp³-hybridized carbons (Fsp3) is 0.533. The van der Waals surface area contributed by atoms with Gasteiger partial charge in [0.25, 0.3) is 0 Å². The van der Waals surface area contributed by atoms with Crippen molar-refractivity contribution in [2.75, 3.05) is 0 Å². The van der Waals surface area contributed by atoms with Crippen molar-refractivity contribution in [1.29, 1.82) is 0 Å². The Morgan fingerprint density at radius 2 is 1.95 bits per heavy atom. The maximum absolute atomic E-state index is 12.1. The van der Waals surface area contributed by atoms with Gasteiger partial charge in [-0.1, -0.05) is 6.92 Å². The molecule has 0 aliphatic rings. The van der Waals surface area contributed by atoms with E-state index in [0.717, 1.165) is 11.3 Å². The zero-order valence-electron chi connectivity index (χ0n) is 13.1. The third-order valence-electron chi connectivity index (χ3n) is 2.66. The van der Waals surface area contributed by atoms with Gasteiger partial charge in [0, 0.05) is 11.3 Å². The van der Waals surface area contributed by atoms with Crippen molar-refractivity contribution in [3.63, 3.8) is 0 Å². The lowest BCUT2D eigenvalue weighted by Crippen LogP contribution is -2.44. The molecule has 6 nitrogen and oxygen atoms in total. The van der Waals surface area contributed by atoms with E-state index in [0.29, 0.717) is 4.88 Å². The molecule has 1 aromatic rings. The van der Waals surface area contributed by atoms with E-state index in [1.165, 1.54) is 11.3 Å². The van der Waals surface area contributed by atoms with E-state index in [-0.39, 0.29) is 12.2 Å². The van der Waals surface area contributed by atoms with Gasteiger partial charge < -0.3 is 15.2 Å². The van der Waals surface area contributed by atoms with Crippen LogP contribution in [0.25, 0.3) is 0 Å². The van der Waals surface area contributed by atoms with Gasteiger partial charge in [-0.2, -0.15) is 0 Å². The van der Waals surface area contributed by atoms with Crippen LogP contribution in [0.15, 0.2) is 12.1 Å². The van der Waals surface area contributed by atoms with Crippen LogP contribution in [-0.4, -0.2) is 34.6 Å².